The average Bonchev–Trinajstić information content (AvgIpc) is 2.27. The second-order valence-corrected chi connectivity index (χ2v) is 5.38. The summed E-state index contributed by atoms with van der Waals surface area (Å²) in [6.07, 6.45) is 0. The van der Waals surface area contributed by atoms with Gasteiger partial charge in [-0.25, -0.2) is 4.79 Å². The third-order valence-corrected chi connectivity index (χ3v) is 2.57. The van der Waals surface area contributed by atoms with E-state index in [0.717, 1.165) is 0 Å². The van der Waals surface area contributed by atoms with Crippen LogP contribution in [0, 0.1) is 0 Å². The summed E-state index contributed by atoms with van der Waals surface area (Å²) in [5, 5.41) is 0. The predicted molar refractivity (Wildman–Crippen MR) is 69.7 cm³/mol. The van der Waals surface area contributed by atoms with E-state index in [1.54, 1.807) is 45.2 Å². The Balaban J connectivity index is 2.68. The van der Waals surface area contributed by atoms with Gasteiger partial charge < -0.3 is 15.2 Å². The summed E-state index contributed by atoms with van der Waals surface area (Å²) >= 11 is 4.24. The van der Waals surface area contributed by atoms with Crippen LogP contribution < -0.4 is 15.2 Å². The molecule has 0 unspecified atom stereocenters. The quantitative estimate of drug-likeness (QED) is 0.488. The van der Waals surface area contributed by atoms with E-state index in [1.165, 1.54) is 0 Å². The summed E-state index contributed by atoms with van der Waals surface area (Å²) in [6.45, 7) is 3.52. The molecule has 5 heteroatoms. The zero-order chi connectivity index (χ0) is 13.1. The third-order valence-electron chi connectivity index (χ3n) is 2.29. The molecular formula is C12H17NO3S. The SMILES string of the molecule is COc1ccc(OC(=O)[C@H](N)C(C)(C)S)cc1. The molecule has 0 aliphatic carbocycles. The molecule has 0 aromatic heterocycles. The lowest BCUT2D eigenvalue weighted by Gasteiger charge is -2.23. The molecule has 0 amide bonds. The van der Waals surface area contributed by atoms with Crippen molar-refractivity contribution < 1.29 is 14.3 Å². The van der Waals surface area contributed by atoms with E-state index in [9.17, 15) is 4.79 Å². The number of hydrogen-bond donors (Lipinski definition) is 2. The van der Waals surface area contributed by atoms with Gasteiger partial charge in [-0.05, 0) is 38.1 Å². The maximum Gasteiger partial charge on any atom is 0.329 e. The predicted octanol–water partition coefficient (Wildman–Crippen LogP) is 1.64. The number of ether oxygens (including phenoxy) is 2. The van der Waals surface area contributed by atoms with Gasteiger partial charge in [0.05, 0.1) is 7.11 Å². The van der Waals surface area contributed by atoms with Crippen molar-refractivity contribution in [3.8, 4) is 11.5 Å². The van der Waals surface area contributed by atoms with Gasteiger partial charge in [0.2, 0.25) is 0 Å². The molecule has 1 atom stereocenters. The molecule has 94 valence electrons. The van der Waals surface area contributed by atoms with Crippen LogP contribution in [0.5, 0.6) is 11.5 Å². The molecule has 1 aromatic carbocycles. The lowest BCUT2D eigenvalue weighted by atomic mass is 10.0. The number of esters is 1. The van der Waals surface area contributed by atoms with Crippen molar-refractivity contribution in [2.75, 3.05) is 7.11 Å². The van der Waals surface area contributed by atoms with Crippen molar-refractivity contribution in [1.82, 2.24) is 0 Å². The fourth-order valence-electron chi connectivity index (χ4n) is 1.11. The van der Waals surface area contributed by atoms with E-state index < -0.39 is 16.8 Å². The summed E-state index contributed by atoms with van der Waals surface area (Å²) < 4.78 is 9.51. The molecule has 0 fully saturated rings. The van der Waals surface area contributed by atoms with Gasteiger partial charge in [-0.2, -0.15) is 12.6 Å². The second kappa shape index (κ2) is 5.42. The van der Waals surface area contributed by atoms with Crippen LogP contribution in [0.1, 0.15) is 13.8 Å². The molecule has 0 aliphatic heterocycles. The van der Waals surface area contributed by atoms with Gasteiger partial charge in [0, 0.05) is 4.75 Å². The van der Waals surface area contributed by atoms with Crippen molar-refractivity contribution in [2.24, 2.45) is 5.73 Å². The first-order chi connectivity index (χ1) is 7.84. The van der Waals surface area contributed by atoms with Crippen LogP contribution in [0.25, 0.3) is 0 Å². The van der Waals surface area contributed by atoms with Gasteiger partial charge in [-0.3, -0.25) is 0 Å². The number of rotatable bonds is 4. The molecule has 0 spiro atoms. The minimum absolute atomic E-state index is 0.434. The van der Waals surface area contributed by atoms with Gasteiger partial charge in [0.15, 0.2) is 0 Å². The first-order valence-electron chi connectivity index (χ1n) is 5.18. The number of carbonyl (C=O) groups excluding carboxylic acids is 1. The Morgan fingerprint density at radius 2 is 1.76 bits per heavy atom. The van der Waals surface area contributed by atoms with Crippen LogP contribution in [0.4, 0.5) is 0 Å². The summed E-state index contributed by atoms with van der Waals surface area (Å²) in [7, 11) is 1.57. The number of benzene rings is 1. The normalized spacial score (nSPS) is 13.0. The topological polar surface area (TPSA) is 61.5 Å². The van der Waals surface area contributed by atoms with Gasteiger partial charge in [0.1, 0.15) is 17.5 Å². The van der Waals surface area contributed by atoms with E-state index in [0.29, 0.717) is 11.5 Å². The molecule has 0 bridgehead atoms. The summed E-state index contributed by atoms with van der Waals surface area (Å²) in [5.74, 6) is 0.627. The molecule has 0 radical (unpaired) electrons. The highest BCUT2D eigenvalue weighted by Crippen LogP contribution is 2.20. The molecule has 2 N–H and O–H groups in total. The molecule has 0 aliphatic rings. The molecule has 0 heterocycles. The molecule has 4 nitrogen and oxygen atoms in total. The molecule has 0 saturated carbocycles. The maximum absolute atomic E-state index is 11.7. The third kappa shape index (κ3) is 3.94. The Kier molecular flexibility index (Phi) is 4.42. The van der Waals surface area contributed by atoms with Crippen molar-refractivity contribution in [3.63, 3.8) is 0 Å². The fraction of sp³-hybridized carbons (Fsp3) is 0.417. The molecule has 1 rings (SSSR count). The minimum atomic E-state index is -0.784. The van der Waals surface area contributed by atoms with Crippen molar-refractivity contribution in [3.05, 3.63) is 24.3 Å². The standard InChI is InChI=1S/C12H17NO3S/c1-12(2,17)10(13)11(14)16-9-6-4-8(15-3)5-7-9/h4-7,10,17H,13H2,1-3H3/t10-/m0/s1. The van der Waals surface area contributed by atoms with E-state index in [2.05, 4.69) is 12.6 Å². The molecule has 0 saturated heterocycles. The van der Waals surface area contributed by atoms with Crippen molar-refractivity contribution >= 4 is 18.6 Å². The van der Waals surface area contributed by atoms with Crippen molar-refractivity contribution in [1.29, 1.82) is 0 Å². The van der Waals surface area contributed by atoms with Crippen LogP contribution in [0.2, 0.25) is 0 Å². The number of methoxy groups -OCH3 is 1. The number of carbonyl (C=O) groups is 1. The maximum atomic E-state index is 11.7. The number of hydrogen-bond acceptors (Lipinski definition) is 5. The Labute approximate surface area is 107 Å². The minimum Gasteiger partial charge on any atom is -0.497 e. The number of nitrogens with two attached hydrogens (primary N) is 1. The summed E-state index contributed by atoms with van der Waals surface area (Å²) in [6, 6.07) is 5.93. The van der Waals surface area contributed by atoms with Gasteiger partial charge >= 0.3 is 5.97 Å². The largest absolute Gasteiger partial charge is 0.497 e. The highest BCUT2D eigenvalue weighted by atomic mass is 32.1. The van der Waals surface area contributed by atoms with Crippen LogP contribution >= 0.6 is 12.6 Å². The first-order valence-corrected chi connectivity index (χ1v) is 5.63. The number of thiol groups is 1. The lowest BCUT2D eigenvalue weighted by molar-refractivity contribution is -0.136. The summed E-state index contributed by atoms with van der Waals surface area (Å²) in [5.41, 5.74) is 5.72. The second-order valence-electron chi connectivity index (χ2n) is 4.23. The van der Waals surface area contributed by atoms with Gasteiger partial charge in [-0.15, -0.1) is 0 Å². The molecular weight excluding hydrogens is 238 g/mol. The smallest absolute Gasteiger partial charge is 0.329 e. The molecule has 1 aromatic rings. The highest BCUT2D eigenvalue weighted by molar-refractivity contribution is 7.81. The average molecular weight is 255 g/mol. The Morgan fingerprint density at radius 1 is 1.29 bits per heavy atom. The van der Waals surface area contributed by atoms with Crippen LogP contribution in [-0.4, -0.2) is 23.9 Å². The fourth-order valence-corrected chi connectivity index (χ4v) is 1.22. The van der Waals surface area contributed by atoms with E-state index in [-0.39, 0.29) is 0 Å². The van der Waals surface area contributed by atoms with Crippen LogP contribution in [-0.2, 0) is 4.79 Å². The molecule has 17 heavy (non-hydrogen) atoms. The highest BCUT2D eigenvalue weighted by Gasteiger charge is 2.30. The van der Waals surface area contributed by atoms with Crippen molar-refractivity contribution in [2.45, 2.75) is 24.6 Å². The van der Waals surface area contributed by atoms with Gasteiger partial charge in [-0.1, -0.05) is 0 Å². The van der Waals surface area contributed by atoms with Gasteiger partial charge in [0.25, 0.3) is 0 Å². The first kappa shape index (κ1) is 13.9. The van der Waals surface area contributed by atoms with E-state index >= 15 is 0 Å². The zero-order valence-electron chi connectivity index (χ0n) is 10.1. The van der Waals surface area contributed by atoms with E-state index in [1.807, 2.05) is 0 Å². The summed E-state index contributed by atoms with van der Waals surface area (Å²) in [4.78, 5) is 11.7. The lowest BCUT2D eigenvalue weighted by Crippen LogP contribution is -2.47. The van der Waals surface area contributed by atoms with Crippen LogP contribution in [0.3, 0.4) is 0 Å². The Bertz CT molecular complexity index is 384. The van der Waals surface area contributed by atoms with Crippen LogP contribution in [0.15, 0.2) is 24.3 Å². The Morgan fingerprint density at radius 3 is 2.18 bits per heavy atom. The monoisotopic (exact) mass is 255 g/mol. The van der Waals surface area contributed by atoms with E-state index in [4.69, 9.17) is 15.2 Å². The Hall–Kier alpha value is -1.20. The zero-order valence-corrected chi connectivity index (χ0v) is 11.0.